The zero-order valence-electron chi connectivity index (χ0n) is 18.3. The minimum Gasteiger partial charge on any atom is -0.386 e. The number of fused-ring (bicyclic) bond motifs is 1. The number of rotatable bonds is 7. The molecule has 5 nitrogen and oxygen atoms in total. The lowest BCUT2D eigenvalue weighted by Gasteiger charge is -2.25. The van der Waals surface area contributed by atoms with E-state index in [1.54, 1.807) is 6.20 Å². The molecule has 4 aromatic rings. The molecule has 0 saturated carbocycles. The zero-order valence-corrected chi connectivity index (χ0v) is 18.3. The SMILES string of the molecule is CC(C)(C)C(O)c1cc(Nc2ccc(NCCc3c[nH]c4ccccc34)cc2)ccn1. The molecular formula is C26H30N4O. The number of hydrogen-bond donors (Lipinski definition) is 4. The summed E-state index contributed by atoms with van der Waals surface area (Å²) in [7, 11) is 0. The molecule has 2 heterocycles. The van der Waals surface area contributed by atoms with Crippen molar-refractivity contribution in [1.29, 1.82) is 0 Å². The van der Waals surface area contributed by atoms with Crippen molar-refractivity contribution in [2.75, 3.05) is 17.2 Å². The molecule has 0 amide bonds. The second-order valence-electron chi connectivity index (χ2n) is 8.98. The Morgan fingerprint density at radius 3 is 2.48 bits per heavy atom. The van der Waals surface area contributed by atoms with Crippen LogP contribution >= 0.6 is 0 Å². The summed E-state index contributed by atoms with van der Waals surface area (Å²) in [5, 5.41) is 18.7. The van der Waals surface area contributed by atoms with E-state index in [1.807, 2.05) is 45.0 Å². The molecule has 0 aliphatic heterocycles. The maximum Gasteiger partial charge on any atom is 0.101 e. The van der Waals surface area contributed by atoms with E-state index in [0.29, 0.717) is 5.69 Å². The highest BCUT2D eigenvalue weighted by Crippen LogP contribution is 2.32. The van der Waals surface area contributed by atoms with E-state index in [1.165, 1.54) is 16.5 Å². The largest absolute Gasteiger partial charge is 0.386 e. The van der Waals surface area contributed by atoms with Gasteiger partial charge in [0, 0.05) is 46.9 Å². The fourth-order valence-corrected chi connectivity index (χ4v) is 3.64. The van der Waals surface area contributed by atoms with Crippen LogP contribution in [-0.2, 0) is 6.42 Å². The van der Waals surface area contributed by atoms with Crippen LogP contribution in [0.2, 0.25) is 0 Å². The molecule has 0 aliphatic carbocycles. The van der Waals surface area contributed by atoms with Gasteiger partial charge < -0.3 is 20.7 Å². The second kappa shape index (κ2) is 8.82. The summed E-state index contributed by atoms with van der Waals surface area (Å²) in [4.78, 5) is 7.66. The van der Waals surface area contributed by atoms with Crippen molar-refractivity contribution >= 4 is 28.0 Å². The Morgan fingerprint density at radius 1 is 0.968 bits per heavy atom. The first-order valence-corrected chi connectivity index (χ1v) is 10.7. The molecule has 1 unspecified atom stereocenters. The molecule has 2 aromatic carbocycles. The highest BCUT2D eigenvalue weighted by Gasteiger charge is 2.25. The van der Waals surface area contributed by atoms with Gasteiger partial charge in [-0.3, -0.25) is 4.98 Å². The van der Waals surface area contributed by atoms with Crippen molar-refractivity contribution in [3.8, 4) is 0 Å². The van der Waals surface area contributed by atoms with Crippen LogP contribution in [0.25, 0.3) is 10.9 Å². The number of hydrogen-bond acceptors (Lipinski definition) is 4. The van der Waals surface area contributed by atoms with Gasteiger partial charge in [0.2, 0.25) is 0 Å². The van der Waals surface area contributed by atoms with Gasteiger partial charge in [0.15, 0.2) is 0 Å². The summed E-state index contributed by atoms with van der Waals surface area (Å²) in [5.74, 6) is 0. The van der Waals surface area contributed by atoms with Gasteiger partial charge in [0.1, 0.15) is 6.10 Å². The smallest absolute Gasteiger partial charge is 0.101 e. The minimum atomic E-state index is -0.613. The van der Waals surface area contributed by atoms with E-state index in [0.717, 1.165) is 30.0 Å². The van der Waals surface area contributed by atoms with E-state index in [-0.39, 0.29) is 5.41 Å². The maximum absolute atomic E-state index is 10.5. The molecule has 31 heavy (non-hydrogen) atoms. The van der Waals surface area contributed by atoms with Gasteiger partial charge in [-0.05, 0) is 59.9 Å². The first-order valence-electron chi connectivity index (χ1n) is 10.7. The Labute approximate surface area is 183 Å². The van der Waals surface area contributed by atoms with Crippen LogP contribution in [0.1, 0.15) is 38.1 Å². The molecule has 0 fully saturated rings. The van der Waals surface area contributed by atoms with Crippen molar-refractivity contribution in [1.82, 2.24) is 9.97 Å². The van der Waals surface area contributed by atoms with Crippen molar-refractivity contribution in [2.45, 2.75) is 33.3 Å². The molecule has 0 saturated heterocycles. The summed E-state index contributed by atoms with van der Waals surface area (Å²) >= 11 is 0. The fraction of sp³-hybridized carbons (Fsp3) is 0.269. The lowest BCUT2D eigenvalue weighted by atomic mass is 9.87. The number of aliphatic hydroxyl groups excluding tert-OH is 1. The fourth-order valence-electron chi connectivity index (χ4n) is 3.64. The highest BCUT2D eigenvalue weighted by atomic mass is 16.3. The molecule has 2 aromatic heterocycles. The molecule has 5 heteroatoms. The Balaban J connectivity index is 1.34. The lowest BCUT2D eigenvalue weighted by Crippen LogP contribution is -2.18. The lowest BCUT2D eigenvalue weighted by molar-refractivity contribution is 0.0590. The summed E-state index contributed by atoms with van der Waals surface area (Å²) in [6.07, 6.45) is 4.17. The number of aromatic nitrogens is 2. The topological polar surface area (TPSA) is 73.0 Å². The molecule has 0 bridgehead atoms. The van der Waals surface area contributed by atoms with Gasteiger partial charge in [-0.2, -0.15) is 0 Å². The Kier molecular flexibility index (Phi) is 5.96. The molecule has 160 valence electrons. The average molecular weight is 415 g/mol. The molecule has 0 spiro atoms. The Morgan fingerprint density at radius 2 is 1.71 bits per heavy atom. The summed E-state index contributed by atoms with van der Waals surface area (Å²) < 4.78 is 0. The molecule has 1 atom stereocenters. The Bertz CT molecular complexity index is 1140. The molecule has 0 aliphatic rings. The van der Waals surface area contributed by atoms with Crippen molar-refractivity contribution in [3.63, 3.8) is 0 Å². The van der Waals surface area contributed by atoms with Gasteiger partial charge in [0.25, 0.3) is 0 Å². The third-order valence-electron chi connectivity index (χ3n) is 5.45. The number of nitrogens with zero attached hydrogens (tertiary/aromatic N) is 1. The number of aliphatic hydroxyl groups is 1. The molecule has 4 N–H and O–H groups in total. The van der Waals surface area contributed by atoms with Crippen LogP contribution in [0.3, 0.4) is 0 Å². The third kappa shape index (κ3) is 5.06. The molecule has 4 rings (SSSR count). The standard InChI is InChI=1S/C26H30N4O/c1-26(2,3)25(31)24-16-21(13-15-28-24)30-20-10-8-19(9-11-20)27-14-12-18-17-29-23-7-5-4-6-22(18)23/h4-11,13,15-17,25,27,29,31H,12,14H2,1-3H3,(H,28,30). The van der Waals surface area contributed by atoms with E-state index < -0.39 is 6.10 Å². The van der Waals surface area contributed by atoms with Crippen LogP contribution in [0.4, 0.5) is 17.1 Å². The van der Waals surface area contributed by atoms with E-state index >= 15 is 0 Å². The maximum atomic E-state index is 10.5. The predicted molar refractivity (Wildman–Crippen MR) is 129 cm³/mol. The summed E-state index contributed by atoms with van der Waals surface area (Å²) in [6, 6.07) is 20.5. The number of para-hydroxylation sites is 1. The quantitative estimate of drug-likeness (QED) is 0.297. The number of pyridine rings is 1. The number of H-pyrrole nitrogens is 1. The first-order chi connectivity index (χ1) is 14.9. The van der Waals surface area contributed by atoms with Crippen molar-refractivity contribution < 1.29 is 5.11 Å². The number of anilines is 3. The normalized spacial score (nSPS) is 12.6. The minimum absolute atomic E-state index is 0.258. The van der Waals surface area contributed by atoms with Gasteiger partial charge in [-0.1, -0.05) is 39.0 Å². The van der Waals surface area contributed by atoms with Gasteiger partial charge in [-0.25, -0.2) is 0 Å². The van der Waals surface area contributed by atoms with E-state index in [9.17, 15) is 5.11 Å². The highest BCUT2D eigenvalue weighted by molar-refractivity contribution is 5.83. The van der Waals surface area contributed by atoms with E-state index in [4.69, 9.17) is 0 Å². The number of nitrogens with one attached hydrogen (secondary N) is 3. The van der Waals surface area contributed by atoms with E-state index in [2.05, 4.69) is 63.2 Å². The number of aromatic amines is 1. The number of benzene rings is 2. The molecular weight excluding hydrogens is 384 g/mol. The Hall–Kier alpha value is -3.31. The van der Waals surface area contributed by atoms with Crippen LogP contribution in [0.15, 0.2) is 73.1 Å². The van der Waals surface area contributed by atoms with Gasteiger partial charge in [-0.15, -0.1) is 0 Å². The first kappa shape index (κ1) is 20.9. The van der Waals surface area contributed by atoms with Crippen LogP contribution < -0.4 is 10.6 Å². The predicted octanol–water partition coefficient (Wildman–Crippen LogP) is 6.04. The third-order valence-corrected chi connectivity index (χ3v) is 5.45. The molecule has 0 radical (unpaired) electrons. The zero-order chi connectivity index (χ0) is 21.8. The van der Waals surface area contributed by atoms with Crippen molar-refractivity contribution in [3.05, 3.63) is 84.3 Å². The van der Waals surface area contributed by atoms with Crippen LogP contribution in [0.5, 0.6) is 0 Å². The second-order valence-corrected chi connectivity index (χ2v) is 8.98. The summed E-state index contributed by atoms with van der Waals surface area (Å²) in [5.41, 5.74) is 5.91. The monoisotopic (exact) mass is 414 g/mol. The van der Waals surface area contributed by atoms with Gasteiger partial charge in [0.05, 0.1) is 5.69 Å². The average Bonchev–Trinajstić information content (AvgIpc) is 3.17. The van der Waals surface area contributed by atoms with Gasteiger partial charge >= 0.3 is 0 Å². The van der Waals surface area contributed by atoms with Crippen molar-refractivity contribution in [2.24, 2.45) is 5.41 Å². The van der Waals surface area contributed by atoms with Crippen LogP contribution in [0, 0.1) is 5.41 Å². The van der Waals surface area contributed by atoms with Crippen LogP contribution in [-0.4, -0.2) is 21.6 Å². The summed E-state index contributed by atoms with van der Waals surface area (Å²) in [6.45, 7) is 6.88.